The number of nitrogens with one attached hydrogen (secondary N) is 2. The predicted molar refractivity (Wildman–Crippen MR) is 98.5 cm³/mol. The van der Waals surface area contributed by atoms with Crippen molar-refractivity contribution in [1.29, 1.82) is 5.26 Å². The van der Waals surface area contributed by atoms with Crippen LogP contribution >= 0.6 is 0 Å². The predicted octanol–water partition coefficient (Wildman–Crippen LogP) is 2.80. The summed E-state index contributed by atoms with van der Waals surface area (Å²) in [6, 6.07) is 16.4. The van der Waals surface area contributed by atoms with E-state index in [2.05, 4.69) is 10.6 Å². The summed E-state index contributed by atoms with van der Waals surface area (Å²) in [4.78, 5) is 23.7. The van der Waals surface area contributed by atoms with E-state index in [0.29, 0.717) is 12.3 Å². The Labute approximate surface area is 152 Å². The molecule has 0 bridgehead atoms. The van der Waals surface area contributed by atoms with Crippen LogP contribution in [0.5, 0.6) is 5.75 Å². The van der Waals surface area contributed by atoms with Crippen LogP contribution < -0.4 is 15.4 Å². The molecule has 0 saturated heterocycles. The number of carbonyl (C=O) groups excluding carboxylic acids is 2. The molecule has 0 aliphatic rings. The summed E-state index contributed by atoms with van der Waals surface area (Å²) in [7, 11) is 0. The van der Waals surface area contributed by atoms with E-state index in [-0.39, 0.29) is 31.2 Å². The van der Waals surface area contributed by atoms with Gasteiger partial charge in [-0.05, 0) is 36.2 Å². The first-order chi connectivity index (χ1) is 12.6. The van der Waals surface area contributed by atoms with E-state index in [9.17, 15) is 9.59 Å². The monoisotopic (exact) mass is 351 g/mol. The molecule has 0 heterocycles. The number of hydrogen-bond acceptors (Lipinski definition) is 4. The molecular formula is C20H21N3O3. The summed E-state index contributed by atoms with van der Waals surface area (Å²) >= 11 is 0. The summed E-state index contributed by atoms with van der Waals surface area (Å²) in [6.45, 7) is 2.77. The minimum absolute atomic E-state index is 0.148. The van der Waals surface area contributed by atoms with Crippen molar-refractivity contribution < 1.29 is 14.3 Å². The lowest BCUT2D eigenvalue weighted by molar-refractivity contribution is -0.120. The quantitative estimate of drug-likeness (QED) is 0.765. The Morgan fingerprint density at radius 3 is 2.50 bits per heavy atom. The highest BCUT2D eigenvalue weighted by Crippen LogP contribution is 2.16. The molecule has 0 aliphatic carbocycles. The third kappa shape index (κ3) is 5.95. The van der Waals surface area contributed by atoms with Crippen LogP contribution in [0.1, 0.15) is 24.5 Å². The molecule has 2 aromatic carbocycles. The Morgan fingerprint density at radius 2 is 1.81 bits per heavy atom. The molecule has 2 amide bonds. The lowest BCUT2D eigenvalue weighted by atomic mass is 10.1. The van der Waals surface area contributed by atoms with Crippen molar-refractivity contribution >= 4 is 17.5 Å². The van der Waals surface area contributed by atoms with E-state index in [1.807, 2.05) is 49.4 Å². The third-order valence-corrected chi connectivity index (χ3v) is 3.61. The SMILES string of the molecule is CCOc1ccc(CC(=O)Nc2ccccc2CNC(=O)CC#N)cc1. The zero-order valence-electron chi connectivity index (χ0n) is 14.6. The molecular weight excluding hydrogens is 330 g/mol. The fourth-order valence-corrected chi connectivity index (χ4v) is 2.37. The third-order valence-electron chi connectivity index (χ3n) is 3.61. The normalized spacial score (nSPS) is 9.85. The van der Waals surface area contributed by atoms with Gasteiger partial charge in [0.15, 0.2) is 0 Å². The molecule has 0 aliphatic heterocycles. The van der Waals surface area contributed by atoms with Gasteiger partial charge >= 0.3 is 0 Å². The molecule has 6 nitrogen and oxygen atoms in total. The smallest absolute Gasteiger partial charge is 0.234 e. The molecule has 0 aromatic heterocycles. The summed E-state index contributed by atoms with van der Waals surface area (Å²) in [5.41, 5.74) is 2.30. The number of para-hydroxylation sites is 1. The zero-order chi connectivity index (χ0) is 18.8. The lowest BCUT2D eigenvalue weighted by Crippen LogP contribution is -2.23. The molecule has 26 heavy (non-hydrogen) atoms. The van der Waals surface area contributed by atoms with Crippen molar-refractivity contribution in [2.45, 2.75) is 26.3 Å². The second kappa shape index (κ2) is 9.84. The van der Waals surface area contributed by atoms with E-state index < -0.39 is 0 Å². The van der Waals surface area contributed by atoms with Crippen molar-refractivity contribution in [3.63, 3.8) is 0 Å². The van der Waals surface area contributed by atoms with Crippen LogP contribution in [-0.4, -0.2) is 18.4 Å². The van der Waals surface area contributed by atoms with Crippen LogP contribution in [0.25, 0.3) is 0 Å². The number of ether oxygens (including phenoxy) is 1. The molecule has 0 unspecified atom stereocenters. The van der Waals surface area contributed by atoms with Crippen molar-refractivity contribution in [2.24, 2.45) is 0 Å². The van der Waals surface area contributed by atoms with Crippen LogP contribution in [-0.2, 0) is 22.6 Å². The van der Waals surface area contributed by atoms with Gasteiger partial charge in [-0.1, -0.05) is 30.3 Å². The summed E-state index contributed by atoms with van der Waals surface area (Å²) in [5, 5.41) is 14.0. The van der Waals surface area contributed by atoms with E-state index >= 15 is 0 Å². The summed E-state index contributed by atoms with van der Waals surface area (Å²) < 4.78 is 5.39. The Kier molecular flexibility index (Phi) is 7.19. The van der Waals surface area contributed by atoms with E-state index in [0.717, 1.165) is 16.9 Å². The van der Waals surface area contributed by atoms with Gasteiger partial charge in [-0.2, -0.15) is 5.26 Å². The molecule has 2 aromatic rings. The topological polar surface area (TPSA) is 91.2 Å². The average Bonchev–Trinajstić information content (AvgIpc) is 2.63. The molecule has 134 valence electrons. The minimum Gasteiger partial charge on any atom is -0.494 e. The first kappa shape index (κ1) is 19.0. The first-order valence-corrected chi connectivity index (χ1v) is 8.35. The average molecular weight is 351 g/mol. The Hall–Kier alpha value is -3.33. The minimum atomic E-state index is -0.344. The number of amides is 2. The maximum atomic E-state index is 12.3. The maximum Gasteiger partial charge on any atom is 0.234 e. The largest absolute Gasteiger partial charge is 0.494 e. The van der Waals surface area contributed by atoms with E-state index in [4.69, 9.17) is 10.00 Å². The number of hydrogen-bond donors (Lipinski definition) is 2. The second-order valence-corrected chi connectivity index (χ2v) is 5.57. The molecule has 6 heteroatoms. The van der Waals surface area contributed by atoms with Gasteiger partial charge in [0.05, 0.1) is 19.1 Å². The Balaban J connectivity index is 1.96. The number of benzene rings is 2. The van der Waals surface area contributed by atoms with Crippen molar-refractivity contribution in [2.75, 3.05) is 11.9 Å². The fraction of sp³-hybridized carbons (Fsp3) is 0.250. The number of rotatable bonds is 8. The number of nitrogens with zero attached hydrogens (tertiary/aromatic N) is 1. The van der Waals surface area contributed by atoms with Crippen molar-refractivity contribution in [3.8, 4) is 11.8 Å². The molecule has 2 rings (SSSR count). The van der Waals surface area contributed by atoms with Gasteiger partial charge in [0.25, 0.3) is 0 Å². The Bertz CT molecular complexity index is 795. The standard InChI is InChI=1S/C20H21N3O3/c1-2-26-17-9-7-15(8-10-17)13-20(25)23-18-6-4-3-5-16(18)14-22-19(24)11-12-21/h3-10H,2,11,13-14H2,1H3,(H,22,24)(H,23,25). The maximum absolute atomic E-state index is 12.3. The van der Waals surface area contributed by atoms with Gasteiger partial charge in [-0.15, -0.1) is 0 Å². The Morgan fingerprint density at radius 1 is 1.08 bits per heavy atom. The van der Waals surface area contributed by atoms with Crippen LogP contribution in [0.2, 0.25) is 0 Å². The van der Waals surface area contributed by atoms with Crippen LogP contribution in [0.4, 0.5) is 5.69 Å². The van der Waals surface area contributed by atoms with Crippen LogP contribution in [0, 0.1) is 11.3 Å². The highest BCUT2D eigenvalue weighted by atomic mass is 16.5. The molecule has 0 spiro atoms. The lowest BCUT2D eigenvalue weighted by Gasteiger charge is -2.12. The molecule has 0 radical (unpaired) electrons. The van der Waals surface area contributed by atoms with Gasteiger partial charge in [0.2, 0.25) is 11.8 Å². The fourth-order valence-electron chi connectivity index (χ4n) is 2.37. The van der Waals surface area contributed by atoms with Crippen molar-refractivity contribution in [3.05, 3.63) is 59.7 Å². The number of anilines is 1. The highest BCUT2D eigenvalue weighted by Gasteiger charge is 2.09. The molecule has 2 N–H and O–H groups in total. The molecule has 0 saturated carbocycles. The molecule has 0 fully saturated rings. The highest BCUT2D eigenvalue weighted by molar-refractivity contribution is 5.93. The van der Waals surface area contributed by atoms with Crippen molar-refractivity contribution in [1.82, 2.24) is 5.32 Å². The first-order valence-electron chi connectivity index (χ1n) is 8.35. The number of carbonyl (C=O) groups is 2. The van der Waals surface area contributed by atoms with Crippen LogP contribution in [0.3, 0.4) is 0 Å². The van der Waals surface area contributed by atoms with Gasteiger partial charge in [-0.3, -0.25) is 9.59 Å². The van der Waals surface area contributed by atoms with Gasteiger partial charge in [0.1, 0.15) is 12.2 Å². The van der Waals surface area contributed by atoms with E-state index in [1.165, 1.54) is 0 Å². The van der Waals surface area contributed by atoms with Gasteiger partial charge < -0.3 is 15.4 Å². The van der Waals surface area contributed by atoms with Gasteiger partial charge in [0, 0.05) is 12.2 Å². The zero-order valence-corrected chi connectivity index (χ0v) is 14.6. The van der Waals surface area contributed by atoms with E-state index in [1.54, 1.807) is 12.1 Å². The summed E-state index contributed by atoms with van der Waals surface area (Å²) in [6.07, 6.45) is 0.0494. The molecule has 0 atom stereocenters. The van der Waals surface area contributed by atoms with Crippen LogP contribution in [0.15, 0.2) is 48.5 Å². The summed E-state index contributed by atoms with van der Waals surface area (Å²) in [5.74, 6) is 0.281. The number of nitriles is 1. The second-order valence-electron chi connectivity index (χ2n) is 5.57. The van der Waals surface area contributed by atoms with Gasteiger partial charge in [-0.25, -0.2) is 0 Å².